The Balaban J connectivity index is 0.000000197. The highest BCUT2D eigenvalue weighted by molar-refractivity contribution is 9.10. The van der Waals surface area contributed by atoms with Crippen molar-refractivity contribution in [3.05, 3.63) is 57.5 Å². The third kappa shape index (κ3) is 7.42. The fourth-order valence-corrected chi connectivity index (χ4v) is 5.55. The van der Waals surface area contributed by atoms with Gasteiger partial charge in [0.25, 0.3) is 11.8 Å². The summed E-state index contributed by atoms with van der Waals surface area (Å²) in [4.78, 5) is 74.3. The van der Waals surface area contributed by atoms with Gasteiger partial charge in [-0.05, 0) is 74.7 Å². The second-order valence-electron chi connectivity index (χ2n) is 10.7. The van der Waals surface area contributed by atoms with E-state index in [1.165, 1.54) is 0 Å². The van der Waals surface area contributed by atoms with Crippen molar-refractivity contribution in [1.82, 2.24) is 20.4 Å². The number of nitrogens with zero attached hydrogens (tertiary/aromatic N) is 2. The molecule has 1 saturated carbocycles. The summed E-state index contributed by atoms with van der Waals surface area (Å²) < 4.78 is 1.80. The largest absolute Gasteiger partial charge is 0.325 e. The summed E-state index contributed by atoms with van der Waals surface area (Å²) in [5, 5.41) is 10.7. The molecule has 43 heavy (non-hydrogen) atoms. The molecule has 0 aromatic heterocycles. The normalized spacial score (nSPS) is 20.5. The molecule has 2 aliphatic heterocycles. The van der Waals surface area contributed by atoms with Crippen LogP contribution >= 0.6 is 31.9 Å². The van der Waals surface area contributed by atoms with Gasteiger partial charge in [-0.15, -0.1) is 0 Å². The summed E-state index contributed by atoms with van der Waals surface area (Å²) in [6.07, 6.45) is 3.63. The summed E-state index contributed by atoms with van der Waals surface area (Å²) in [6, 6.07) is 13.1. The predicted molar refractivity (Wildman–Crippen MR) is 166 cm³/mol. The van der Waals surface area contributed by atoms with Gasteiger partial charge in [-0.25, -0.2) is 9.59 Å². The smallest absolute Gasteiger partial charge is 0.325 e. The quantitative estimate of drug-likeness (QED) is 0.312. The fourth-order valence-electron chi connectivity index (χ4n) is 5.02. The zero-order valence-corrected chi connectivity index (χ0v) is 26.8. The monoisotopic (exact) mass is 718 g/mol. The number of amides is 8. The molecule has 2 aromatic rings. The number of nitrogens with one attached hydrogen (secondary N) is 4. The van der Waals surface area contributed by atoms with Crippen LogP contribution in [0.2, 0.25) is 0 Å². The van der Waals surface area contributed by atoms with Crippen LogP contribution in [0.3, 0.4) is 0 Å². The number of hydrogen-bond acceptors (Lipinski definition) is 6. The lowest BCUT2D eigenvalue weighted by atomic mass is 9.98. The first-order chi connectivity index (χ1) is 20.4. The molecule has 3 fully saturated rings. The van der Waals surface area contributed by atoms with Crippen LogP contribution < -0.4 is 21.3 Å². The van der Waals surface area contributed by atoms with Crippen molar-refractivity contribution in [2.75, 3.05) is 23.7 Å². The molecule has 5 rings (SSSR count). The molecule has 1 unspecified atom stereocenters. The topological polar surface area (TPSA) is 157 Å². The van der Waals surface area contributed by atoms with E-state index < -0.39 is 29.0 Å². The number of anilines is 2. The van der Waals surface area contributed by atoms with Crippen LogP contribution in [-0.2, 0) is 19.2 Å². The number of urea groups is 2. The van der Waals surface area contributed by atoms with Crippen LogP contribution in [0, 0.1) is 0 Å². The van der Waals surface area contributed by atoms with Crippen molar-refractivity contribution < 1.29 is 28.8 Å². The van der Waals surface area contributed by atoms with Gasteiger partial charge < -0.3 is 21.3 Å². The lowest BCUT2D eigenvalue weighted by Crippen LogP contribution is -2.44. The molecule has 14 heteroatoms. The van der Waals surface area contributed by atoms with Gasteiger partial charge in [0.2, 0.25) is 11.8 Å². The van der Waals surface area contributed by atoms with E-state index in [2.05, 4.69) is 53.1 Å². The summed E-state index contributed by atoms with van der Waals surface area (Å²) in [5.74, 6) is -1.45. The SMILES string of the molecule is CCC1(C)NC(=O)N(CC(=O)Nc2ccc(Br)cc2)C1=O.O=C(CN1C(=O)NC2(CCCC2)C1=O)Nc1ccc(Br)cc1. The van der Waals surface area contributed by atoms with Crippen molar-refractivity contribution in [3.8, 4) is 0 Å². The maximum Gasteiger partial charge on any atom is 0.325 e. The van der Waals surface area contributed by atoms with Gasteiger partial charge in [0.15, 0.2) is 0 Å². The van der Waals surface area contributed by atoms with E-state index in [1.54, 1.807) is 55.5 Å². The highest BCUT2D eigenvalue weighted by atomic mass is 79.9. The molecule has 228 valence electrons. The first-order valence-corrected chi connectivity index (χ1v) is 15.3. The highest BCUT2D eigenvalue weighted by Crippen LogP contribution is 2.35. The van der Waals surface area contributed by atoms with Gasteiger partial charge in [-0.3, -0.25) is 29.0 Å². The molecule has 12 nitrogen and oxygen atoms in total. The average molecular weight is 720 g/mol. The summed E-state index contributed by atoms with van der Waals surface area (Å²) in [5.41, 5.74) is -0.464. The molecule has 0 bridgehead atoms. The minimum Gasteiger partial charge on any atom is -0.325 e. The Kier molecular flexibility index (Phi) is 9.90. The number of imide groups is 2. The Morgan fingerprint density at radius 3 is 1.58 bits per heavy atom. The molecule has 3 aliphatic rings. The third-order valence-electron chi connectivity index (χ3n) is 7.61. The van der Waals surface area contributed by atoms with Crippen LogP contribution in [0.5, 0.6) is 0 Å². The minimum absolute atomic E-state index is 0.261. The van der Waals surface area contributed by atoms with Crippen molar-refractivity contribution in [1.29, 1.82) is 0 Å². The minimum atomic E-state index is -0.922. The van der Waals surface area contributed by atoms with Crippen molar-refractivity contribution in [2.24, 2.45) is 0 Å². The lowest BCUT2D eigenvalue weighted by molar-refractivity contribution is -0.133. The maximum atomic E-state index is 12.4. The molecule has 1 spiro atoms. The number of hydrogen-bond donors (Lipinski definition) is 4. The van der Waals surface area contributed by atoms with Crippen molar-refractivity contribution >= 4 is 78.9 Å². The van der Waals surface area contributed by atoms with Gasteiger partial charge in [-0.2, -0.15) is 0 Å². The second-order valence-corrected chi connectivity index (χ2v) is 12.6. The highest BCUT2D eigenvalue weighted by Gasteiger charge is 2.52. The van der Waals surface area contributed by atoms with E-state index >= 15 is 0 Å². The van der Waals surface area contributed by atoms with E-state index in [0.29, 0.717) is 30.6 Å². The Morgan fingerprint density at radius 2 is 1.16 bits per heavy atom. The zero-order valence-electron chi connectivity index (χ0n) is 23.7. The Bertz CT molecular complexity index is 1430. The van der Waals surface area contributed by atoms with E-state index in [4.69, 9.17) is 0 Å². The standard InChI is InChI=1S/C15H16BrN3O3.C14H16BrN3O3/c16-10-3-5-11(6-4-10)17-12(20)9-19-13(21)15(18-14(19)22)7-1-2-8-15;1-3-14(2)12(20)18(13(21)17-14)8-11(19)16-10-6-4-9(15)5-7-10/h3-6H,1-2,7-9H2,(H,17,20)(H,18,22);4-7H,3,8H2,1-2H3,(H,16,19)(H,17,21). The van der Waals surface area contributed by atoms with Crippen molar-refractivity contribution in [3.63, 3.8) is 0 Å². The summed E-state index contributed by atoms with van der Waals surface area (Å²) in [6.45, 7) is 2.91. The van der Waals surface area contributed by atoms with E-state index in [0.717, 1.165) is 31.6 Å². The van der Waals surface area contributed by atoms with Crippen LogP contribution in [0.15, 0.2) is 57.5 Å². The second kappa shape index (κ2) is 13.2. The third-order valence-corrected chi connectivity index (χ3v) is 8.67. The molecule has 1 atom stereocenters. The Morgan fingerprint density at radius 1 is 0.744 bits per heavy atom. The molecular weight excluding hydrogens is 688 g/mol. The van der Waals surface area contributed by atoms with Gasteiger partial charge in [0, 0.05) is 20.3 Å². The molecule has 2 heterocycles. The van der Waals surface area contributed by atoms with E-state index in [9.17, 15) is 28.8 Å². The Hall–Kier alpha value is -3.78. The van der Waals surface area contributed by atoms with Gasteiger partial charge >= 0.3 is 12.1 Å². The van der Waals surface area contributed by atoms with Gasteiger partial charge in [-0.1, -0.05) is 51.6 Å². The van der Waals surface area contributed by atoms with Crippen LogP contribution in [0.25, 0.3) is 0 Å². The number of carbonyl (C=O) groups is 6. The van der Waals surface area contributed by atoms with Gasteiger partial charge in [0.05, 0.1) is 0 Å². The number of rotatable bonds is 7. The number of benzene rings is 2. The molecule has 0 radical (unpaired) electrons. The molecule has 4 N–H and O–H groups in total. The average Bonchev–Trinajstić information content (AvgIpc) is 3.60. The summed E-state index contributed by atoms with van der Waals surface area (Å²) >= 11 is 6.61. The van der Waals surface area contributed by atoms with E-state index in [1.807, 2.05) is 6.92 Å². The molecular formula is C29H32Br2N6O6. The first kappa shape index (κ1) is 32.1. The predicted octanol–water partition coefficient (Wildman–Crippen LogP) is 4.36. The number of carbonyl (C=O) groups excluding carboxylic acids is 6. The lowest BCUT2D eigenvalue weighted by Gasteiger charge is -2.19. The van der Waals surface area contributed by atoms with Gasteiger partial charge in [0.1, 0.15) is 24.2 Å². The van der Waals surface area contributed by atoms with Crippen molar-refractivity contribution in [2.45, 2.75) is 57.0 Å². The maximum absolute atomic E-state index is 12.4. The molecule has 1 aliphatic carbocycles. The molecule has 8 amide bonds. The first-order valence-electron chi connectivity index (χ1n) is 13.7. The van der Waals surface area contributed by atoms with Crippen LogP contribution in [0.1, 0.15) is 46.0 Å². The summed E-state index contributed by atoms with van der Waals surface area (Å²) in [7, 11) is 0. The fraction of sp³-hybridized carbons (Fsp3) is 0.379. The number of halogens is 2. The van der Waals surface area contributed by atoms with E-state index in [-0.39, 0.29) is 30.8 Å². The Labute approximate surface area is 265 Å². The van der Waals surface area contributed by atoms with Crippen LogP contribution in [-0.4, -0.2) is 69.7 Å². The molecule has 2 aromatic carbocycles. The molecule has 2 saturated heterocycles. The van der Waals surface area contributed by atoms with Crippen LogP contribution in [0.4, 0.5) is 21.0 Å². The zero-order chi connectivity index (χ0) is 31.4.